The second-order valence-corrected chi connectivity index (χ2v) is 8.63. The lowest BCUT2D eigenvalue weighted by Gasteiger charge is -2.05. The third kappa shape index (κ3) is 6.61. The number of hydrogen-bond donors (Lipinski definition) is 2. The fourth-order valence-corrected chi connectivity index (χ4v) is 4.14. The van der Waals surface area contributed by atoms with Gasteiger partial charge in [-0.25, -0.2) is 8.78 Å². The van der Waals surface area contributed by atoms with Crippen LogP contribution in [0.15, 0.2) is 51.7 Å². The monoisotopic (exact) mass is 460 g/mol. The Balaban J connectivity index is 1.50. The number of hydrogen-bond acceptors (Lipinski definition) is 7. The van der Waals surface area contributed by atoms with Crippen molar-refractivity contribution in [3.8, 4) is 0 Å². The zero-order valence-electron chi connectivity index (χ0n) is 14.4. The quantitative estimate of drug-likeness (QED) is 0.337. The van der Waals surface area contributed by atoms with Crippen molar-refractivity contribution in [1.82, 2.24) is 10.2 Å². The molecule has 0 saturated carbocycles. The molecule has 29 heavy (non-hydrogen) atoms. The number of anilines is 3. The molecule has 0 radical (unpaired) electrons. The molecular formula is C17H12F4N4OS3. The number of benzene rings is 2. The molecule has 0 spiro atoms. The molecule has 0 fully saturated rings. The van der Waals surface area contributed by atoms with Gasteiger partial charge >= 0.3 is 0 Å². The van der Waals surface area contributed by atoms with Crippen molar-refractivity contribution in [2.75, 3.05) is 16.4 Å². The van der Waals surface area contributed by atoms with Crippen LogP contribution in [0.1, 0.15) is 0 Å². The first-order valence-corrected chi connectivity index (χ1v) is 10.6. The summed E-state index contributed by atoms with van der Waals surface area (Å²) in [5.74, 6) is -4.58. The van der Waals surface area contributed by atoms with Gasteiger partial charge in [-0.2, -0.15) is 8.78 Å². The van der Waals surface area contributed by atoms with Crippen LogP contribution in [-0.2, 0) is 4.79 Å². The van der Waals surface area contributed by atoms with Crippen molar-refractivity contribution in [1.29, 1.82) is 0 Å². The number of thioether (sulfide) groups is 2. The maximum absolute atomic E-state index is 13.5. The smallest absolute Gasteiger partial charge is 0.288 e. The van der Waals surface area contributed by atoms with Crippen molar-refractivity contribution in [2.24, 2.45) is 0 Å². The van der Waals surface area contributed by atoms with E-state index in [2.05, 4.69) is 20.8 Å². The van der Waals surface area contributed by atoms with E-state index in [1.54, 1.807) is 24.3 Å². The summed E-state index contributed by atoms with van der Waals surface area (Å²) < 4.78 is 51.6. The Labute approximate surface area is 175 Å². The summed E-state index contributed by atoms with van der Waals surface area (Å²) in [7, 11) is 0. The van der Waals surface area contributed by atoms with E-state index in [9.17, 15) is 22.4 Å². The highest BCUT2D eigenvalue weighted by Crippen LogP contribution is 2.30. The zero-order valence-corrected chi connectivity index (χ0v) is 16.8. The van der Waals surface area contributed by atoms with E-state index in [1.165, 1.54) is 11.3 Å². The Morgan fingerprint density at radius 3 is 2.55 bits per heavy atom. The molecule has 1 heterocycles. The minimum atomic E-state index is -2.48. The number of nitrogens with one attached hydrogen (secondary N) is 2. The highest BCUT2D eigenvalue weighted by molar-refractivity contribution is 8.01. The fraction of sp³-hybridized carbons (Fsp3) is 0.118. The number of halogens is 4. The number of alkyl halides is 2. The maximum atomic E-state index is 13.5. The van der Waals surface area contributed by atoms with Crippen LogP contribution < -0.4 is 10.6 Å². The van der Waals surface area contributed by atoms with Gasteiger partial charge in [0.25, 0.3) is 5.76 Å². The molecule has 0 saturated heterocycles. The van der Waals surface area contributed by atoms with E-state index in [0.29, 0.717) is 37.9 Å². The molecule has 152 valence electrons. The number of aromatic nitrogens is 2. The van der Waals surface area contributed by atoms with E-state index in [0.717, 1.165) is 23.9 Å². The standard InChI is InChI=1S/C17H12F4N4OS3/c18-9-1-6-13(12(19)7-9)23-14(26)8-27-17-25-24-16(29-17)22-10-2-4-11(5-3-10)28-15(20)21/h1-7,15H,8H2,(H,22,24)(H,23,26). The van der Waals surface area contributed by atoms with E-state index in [-0.39, 0.29) is 11.4 Å². The third-order valence-electron chi connectivity index (χ3n) is 3.27. The molecule has 3 rings (SSSR count). The van der Waals surface area contributed by atoms with Crippen LogP contribution >= 0.6 is 34.9 Å². The highest BCUT2D eigenvalue weighted by Gasteiger charge is 2.11. The van der Waals surface area contributed by atoms with Crippen LogP contribution in [0.5, 0.6) is 0 Å². The van der Waals surface area contributed by atoms with Crippen LogP contribution in [0.4, 0.5) is 34.1 Å². The molecule has 2 N–H and O–H groups in total. The molecule has 0 aliphatic rings. The summed E-state index contributed by atoms with van der Waals surface area (Å²) in [6.45, 7) is 0. The van der Waals surface area contributed by atoms with Gasteiger partial charge in [0.1, 0.15) is 11.6 Å². The SMILES string of the molecule is O=C(CSc1nnc(Nc2ccc(SC(F)F)cc2)s1)Nc1ccc(F)cc1F. The van der Waals surface area contributed by atoms with Gasteiger partial charge in [-0.3, -0.25) is 4.79 Å². The summed E-state index contributed by atoms with van der Waals surface area (Å²) in [5.41, 5.74) is 0.547. The molecule has 0 bridgehead atoms. The normalized spacial score (nSPS) is 10.9. The van der Waals surface area contributed by atoms with E-state index >= 15 is 0 Å². The molecule has 0 unspecified atom stereocenters. The molecule has 5 nitrogen and oxygen atoms in total. The van der Waals surface area contributed by atoms with Crippen molar-refractivity contribution in [3.63, 3.8) is 0 Å². The van der Waals surface area contributed by atoms with Gasteiger partial charge in [-0.1, -0.05) is 34.9 Å². The zero-order chi connectivity index (χ0) is 20.8. The third-order valence-corrected chi connectivity index (χ3v) is 5.96. The van der Waals surface area contributed by atoms with Crippen molar-refractivity contribution in [3.05, 3.63) is 54.1 Å². The Morgan fingerprint density at radius 2 is 1.86 bits per heavy atom. The van der Waals surface area contributed by atoms with E-state index < -0.39 is 23.3 Å². The largest absolute Gasteiger partial charge is 0.330 e. The predicted molar refractivity (Wildman–Crippen MR) is 107 cm³/mol. The van der Waals surface area contributed by atoms with Crippen molar-refractivity contribution < 1.29 is 22.4 Å². The molecule has 1 aromatic heterocycles. The number of rotatable bonds is 8. The highest BCUT2D eigenvalue weighted by atomic mass is 32.2. The number of carbonyl (C=O) groups is 1. The predicted octanol–water partition coefficient (Wildman–Crippen LogP) is 5.61. The van der Waals surface area contributed by atoms with E-state index in [1.807, 2.05) is 0 Å². The van der Waals surface area contributed by atoms with Gasteiger partial charge in [0, 0.05) is 16.6 Å². The second-order valence-electron chi connectivity index (χ2n) is 5.36. The van der Waals surface area contributed by atoms with Crippen LogP contribution in [0, 0.1) is 11.6 Å². The second kappa shape index (κ2) is 9.94. The minimum absolute atomic E-state index is 0.0367. The topological polar surface area (TPSA) is 66.9 Å². The fourth-order valence-electron chi connectivity index (χ4n) is 2.07. The van der Waals surface area contributed by atoms with Gasteiger partial charge in [-0.15, -0.1) is 10.2 Å². The Kier molecular flexibility index (Phi) is 7.34. The lowest BCUT2D eigenvalue weighted by molar-refractivity contribution is -0.113. The first-order chi connectivity index (χ1) is 13.9. The Morgan fingerprint density at radius 1 is 1.10 bits per heavy atom. The summed E-state index contributed by atoms with van der Waals surface area (Å²) in [6, 6.07) is 9.29. The summed E-state index contributed by atoms with van der Waals surface area (Å²) in [5, 5.41) is 13.7. The van der Waals surface area contributed by atoms with Gasteiger partial charge in [0.15, 0.2) is 4.34 Å². The lowest BCUT2D eigenvalue weighted by Crippen LogP contribution is -2.15. The minimum Gasteiger partial charge on any atom is -0.330 e. The molecule has 12 heteroatoms. The molecular weight excluding hydrogens is 448 g/mol. The van der Waals surface area contributed by atoms with Crippen LogP contribution in [0.2, 0.25) is 0 Å². The molecule has 3 aromatic rings. The maximum Gasteiger partial charge on any atom is 0.288 e. The van der Waals surface area contributed by atoms with E-state index in [4.69, 9.17) is 0 Å². The summed E-state index contributed by atoms with van der Waals surface area (Å²) in [6.07, 6.45) is 0. The average molecular weight is 461 g/mol. The van der Waals surface area contributed by atoms with Gasteiger partial charge in [-0.05, 0) is 36.4 Å². The molecule has 2 aromatic carbocycles. The van der Waals surface area contributed by atoms with Gasteiger partial charge in [0.05, 0.1) is 11.4 Å². The van der Waals surface area contributed by atoms with Crippen LogP contribution in [0.3, 0.4) is 0 Å². The van der Waals surface area contributed by atoms with Crippen LogP contribution in [0.25, 0.3) is 0 Å². The summed E-state index contributed by atoms with van der Waals surface area (Å²) >= 11 is 2.76. The Bertz CT molecular complexity index is 985. The first-order valence-electron chi connectivity index (χ1n) is 7.92. The average Bonchev–Trinajstić information content (AvgIpc) is 3.11. The molecule has 1 amide bonds. The lowest BCUT2D eigenvalue weighted by atomic mass is 10.3. The molecule has 0 aliphatic carbocycles. The molecule has 0 atom stereocenters. The number of amides is 1. The van der Waals surface area contributed by atoms with Crippen molar-refractivity contribution in [2.45, 2.75) is 15.0 Å². The summed E-state index contributed by atoms with van der Waals surface area (Å²) in [4.78, 5) is 12.4. The van der Waals surface area contributed by atoms with Gasteiger partial charge in [0.2, 0.25) is 11.0 Å². The number of nitrogens with zero attached hydrogens (tertiary/aromatic N) is 2. The first kappa shape index (κ1) is 21.4. The molecule has 0 aliphatic heterocycles. The number of carbonyl (C=O) groups excluding carboxylic acids is 1. The van der Waals surface area contributed by atoms with Gasteiger partial charge < -0.3 is 10.6 Å². The van der Waals surface area contributed by atoms with Crippen molar-refractivity contribution >= 4 is 57.3 Å². The van der Waals surface area contributed by atoms with Crippen LogP contribution in [-0.4, -0.2) is 27.6 Å². The Hall–Kier alpha value is -2.31.